The lowest BCUT2D eigenvalue weighted by Gasteiger charge is -2.15. The number of aliphatic hydroxyl groups is 1. The number of rotatable bonds is 41. The van der Waals surface area contributed by atoms with Crippen molar-refractivity contribution < 1.29 is 19.4 Å². The zero-order valence-electron chi connectivity index (χ0n) is 34.6. The largest absolute Gasteiger partial charge is 0.457 e. The van der Waals surface area contributed by atoms with Crippen LogP contribution in [0.4, 0.5) is 0 Å². The van der Waals surface area contributed by atoms with Crippen LogP contribution in [0.1, 0.15) is 213 Å². The molecule has 52 heavy (non-hydrogen) atoms. The molecule has 4 nitrogen and oxygen atoms in total. The third-order valence-corrected chi connectivity index (χ3v) is 9.57. The summed E-state index contributed by atoms with van der Waals surface area (Å²) in [6, 6.07) is 0. The van der Waals surface area contributed by atoms with Crippen LogP contribution in [0, 0.1) is 0 Å². The fourth-order valence-electron chi connectivity index (χ4n) is 6.19. The van der Waals surface area contributed by atoms with Crippen LogP contribution in [0.3, 0.4) is 0 Å². The van der Waals surface area contributed by atoms with Gasteiger partial charge in [0, 0.05) is 13.0 Å². The first kappa shape index (κ1) is 50.1. The summed E-state index contributed by atoms with van der Waals surface area (Å²) in [7, 11) is 0. The molecule has 0 aromatic carbocycles. The normalized spacial score (nSPS) is 12.9. The van der Waals surface area contributed by atoms with E-state index in [0.29, 0.717) is 13.0 Å². The molecule has 4 heteroatoms. The quantitative estimate of drug-likeness (QED) is 0.0387. The van der Waals surface area contributed by atoms with Crippen LogP contribution >= 0.6 is 0 Å². The van der Waals surface area contributed by atoms with Crippen molar-refractivity contribution >= 4 is 5.97 Å². The van der Waals surface area contributed by atoms with Crippen molar-refractivity contribution in [1.82, 2.24) is 0 Å². The van der Waals surface area contributed by atoms with E-state index in [4.69, 9.17) is 9.47 Å². The Morgan fingerprint density at radius 3 is 1.23 bits per heavy atom. The fraction of sp³-hybridized carbons (Fsp3) is 0.771. The minimum atomic E-state index is -0.547. The fourth-order valence-corrected chi connectivity index (χ4v) is 6.19. The van der Waals surface area contributed by atoms with Crippen LogP contribution in [0.2, 0.25) is 0 Å². The zero-order chi connectivity index (χ0) is 37.7. The number of allylic oxidation sites excluding steroid dienone is 10. The maximum absolute atomic E-state index is 12.2. The molecule has 0 amide bonds. The summed E-state index contributed by atoms with van der Waals surface area (Å²) in [6.45, 7) is 5.30. The number of unbranched alkanes of at least 4 members (excludes halogenated alkanes) is 23. The van der Waals surface area contributed by atoms with Gasteiger partial charge in [-0.3, -0.25) is 4.79 Å². The first-order valence-electron chi connectivity index (χ1n) is 22.4. The molecule has 0 aliphatic rings. The highest BCUT2D eigenvalue weighted by atomic mass is 16.6. The van der Waals surface area contributed by atoms with E-state index in [1.165, 1.54) is 141 Å². The van der Waals surface area contributed by atoms with Gasteiger partial charge in [-0.05, 0) is 83.5 Å². The highest BCUT2D eigenvalue weighted by Crippen LogP contribution is 2.13. The average molecular weight is 727 g/mol. The lowest BCUT2D eigenvalue weighted by atomic mass is 10.1. The molecular weight excluding hydrogens is 641 g/mol. The van der Waals surface area contributed by atoms with Gasteiger partial charge in [0.15, 0.2) is 0 Å². The van der Waals surface area contributed by atoms with Gasteiger partial charge in [0.2, 0.25) is 0 Å². The Balaban J connectivity index is 3.47. The third kappa shape index (κ3) is 42.5. The molecule has 0 saturated heterocycles. The van der Waals surface area contributed by atoms with Crippen LogP contribution in [-0.2, 0) is 14.3 Å². The van der Waals surface area contributed by atoms with Gasteiger partial charge >= 0.3 is 5.97 Å². The van der Waals surface area contributed by atoms with Gasteiger partial charge in [0.25, 0.3) is 0 Å². The van der Waals surface area contributed by atoms with Crippen molar-refractivity contribution in [1.29, 1.82) is 0 Å². The molecule has 0 spiro atoms. The zero-order valence-corrected chi connectivity index (χ0v) is 34.6. The average Bonchev–Trinajstić information content (AvgIpc) is 3.15. The van der Waals surface area contributed by atoms with E-state index in [1.54, 1.807) is 0 Å². The van der Waals surface area contributed by atoms with Crippen molar-refractivity contribution in [2.45, 2.75) is 219 Å². The van der Waals surface area contributed by atoms with Crippen LogP contribution in [0.5, 0.6) is 0 Å². The minimum Gasteiger partial charge on any atom is -0.457 e. The number of aliphatic hydroxyl groups excluding tert-OH is 1. The summed E-state index contributed by atoms with van der Waals surface area (Å²) < 4.78 is 11.2. The molecule has 0 aromatic rings. The second-order valence-electron chi connectivity index (χ2n) is 14.8. The molecule has 0 aromatic heterocycles. The number of ether oxygens (including phenoxy) is 2. The van der Waals surface area contributed by atoms with E-state index in [2.05, 4.69) is 74.6 Å². The van der Waals surface area contributed by atoms with E-state index in [0.717, 1.165) is 51.4 Å². The number of esters is 1. The summed E-state index contributed by atoms with van der Waals surface area (Å²) >= 11 is 0. The van der Waals surface area contributed by atoms with E-state index in [9.17, 15) is 9.90 Å². The third-order valence-electron chi connectivity index (χ3n) is 9.57. The Kier molecular flexibility index (Phi) is 43.6. The molecular formula is C48H86O4. The molecule has 1 atom stereocenters. The van der Waals surface area contributed by atoms with Crippen molar-refractivity contribution in [3.8, 4) is 0 Å². The molecule has 0 bridgehead atoms. The SMILES string of the molecule is CCCCCC/C=C\C/C=C\CCCCCCCC(=O)OC(CO)COCCCCCCCCCCC/C=C\C/C=C\C/C=C\CCCCCCC. The highest BCUT2D eigenvalue weighted by Gasteiger charge is 2.13. The number of carbonyl (C=O) groups is 1. The summed E-state index contributed by atoms with van der Waals surface area (Å²) in [4.78, 5) is 12.2. The highest BCUT2D eigenvalue weighted by molar-refractivity contribution is 5.69. The smallest absolute Gasteiger partial charge is 0.306 e. The predicted octanol–water partition coefficient (Wildman–Crippen LogP) is 14.8. The van der Waals surface area contributed by atoms with Gasteiger partial charge in [-0.2, -0.15) is 0 Å². The first-order valence-corrected chi connectivity index (χ1v) is 22.4. The number of carbonyl (C=O) groups excluding carboxylic acids is 1. The van der Waals surface area contributed by atoms with E-state index >= 15 is 0 Å². The van der Waals surface area contributed by atoms with Gasteiger partial charge in [0.05, 0.1) is 13.2 Å². The number of hydrogen-bond acceptors (Lipinski definition) is 4. The van der Waals surface area contributed by atoms with Gasteiger partial charge in [-0.1, -0.05) is 184 Å². The molecule has 0 rings (SSSR count). The second-order valence-corrected chi connectivity index (χ2v) is 14.8. The lowest BCUT2D eigenvalue weighted by Crippen LogP contribution is -2.27. The predicted molar refractivity (Wildman–Crippen MR) is 228 cm³/mol. The van der Waals surface area contributed by atoms with Crippen molar-refractivity contribution in [2.75, 3.05) is 19.8 Å². The molecule has 0 fully saturated rings. The Morgan fingerprint density at radius 1 is 0.462 bits per heavy atom. The molecule has 0 heterocycles. The molecule has 0 radical (unpaired) electrons. The van der Waals surface area contributed by atoms with Crippen LogP contribution in [-0.4, -0.2) is 37.0 Å². The summed E-state index contributed by atoms with van der Waals surface area (Å²) in [5, 5.41) is 9.61. The maximum atomic E-state index is 12.2. The Labute approximate surface area is 324 Å². The van der Waals surface area contributed by atoms with Gasteiger partial charge in [0.1, 0.15) is 6.10 Å². The standard InChI is InChI=1S/C48H86O4/c1-3-5-7-9-11-13-15-17-19-21-22-23-24-25-26-27-28-30-32-34-36-38-40-42-44-51-46-47(45-49)52-48(50)43-41-39-37-35-33-31-29-20-18-16-14-12-10-8-6-4-2/h14-17,20-22,24-25,29,47,49H,3-13,18-19,23,26-28,30-46H2,1-2H3/b16-14-,17-15-,22-21-,25-24-,29-20-. The van der Waals surface area contributed by atoms with Crippen molar-refractivity contribution in [3.05, 3.63) is 60.8 Å². The molecule has 0 saturated carbocycles. The summed E-state index contributed by atoms with van der Waals surface area (Å²) in [5.41, 5.74) is 0. The topological polar surface area (TPSA) is 55.8 Å². The van der Waals surface area contributed by atoms with Crippen LogP contribution in [0.25, 0.3) is 0 Å². The van der Waals surface area contributed by atoms with Crippen LogP contribution < -0.4 is 0 Å². The number of hydrogen-bond donors (Lipinski definition) is 1. The summed E-state index contributed by atoms with van der Waals surface area (Å²) in [5.74, 6) is -0.217. The Morgan fingerprint density at radius 2 is 0.808 bits per heavy atom. The molecule has 1 N–H and O–H groups in total. The maximum Gasteiger partial charge on any atom is 0.306 e. The summed E-state index contributed by atoms with van der Waals surface area (Å²) in [6.07, 6.45) is 60.0. The Hall–Kier alpha value is -1.91. The molecule has 0 aliphatic heterocycles. The lowest BCUT2D eigenvalue weighted by molar-refractivity contribution is -0.154. The first-order chi connectivity index (χ1) is 25.7. The monoisotopic (exact) mass is 727 g/mol. The van der Waals surface area contributed by atoms with Gasteiger partial charge in [-0.15, -0.1) is 0 Å². The van der Waals surface area contributed by atoms with Gasteiger partial charge in [-0.25, -0.2) is 0 Å². The molecule has 302 valence electrons. The van der Waals surface area contributed by atoms with E-state index in [-0.39, 0.29) is 19.2 Å². The van der Waals surface area contributed by atoms with Crippen LogP contribution in [0.15, 0.2) is 60.8 Å². The Bertz CT molecular complexity index is 854. The van der Waals surface area contributed by atoms with Gasteiger partial charge < -0.3 is 14.6 Å². The molecule has 1 unspecified atom stereocenters. The van der Waals surface area contributed by atoms with E-state index < -0.39 is 6.10 Å². The second kappa shape index (κ2) is 45.2. The van der Waals surface area contributed by atoms with Crippen molar-refractivity contribution in [2.24, 2.45) is 0 Å². The molecule has 0 aliphatic carbocycles. The van der Waals surface area contributed by atoms with Crippen molar-refractivity contribution in [3.63, 3.8) is 0 Å². The minimum absolute atomic E-state index is 0.181. The van der Waals surface area contributed by atoms with E-state index in [1.807, 2.05) is 0 Å².